The average molecular weight is 702 g/mol. The third kappa shape index (κ3) is 9.40. The van der Waals surface area contributed by atoms with Crippen molar-refractivity contribution in [2.75, 3.05) is 26.2 Å². The van der Waals surface area contributed by atoms with Crippen LogP contribution in [0.2, 0.25) is 5.15 Å². The molecule has 1 aliphatic heterocycles. The van der Waals surface area contributed by atoms with Crippen molar-refractivity contribution in [1.82, 2.24) is 24.3 Å². The minimum atomic E-state index is -0.809. The second kappa shape index (κ2) is 14.4. The summed E-state index contributed by atoms with van der Waals surface area (Å²) in [5.41, 5.74) is 0.236. The van der Waals surface area contributed by atoms with E-state index in [2.05, 4.69) is 14.5 Å². The van der Waals surface area contributed by atoms with Crippen molar-refractivity contribution in [3.63, 3.8) is 0 Å². The molecule has 1 saturated heterocycles. The lowest BCUT2D eigenvalue weighted by molar-refractivity contribution is -0.160. The number of aromatic nitrogens is 3. The molecule has 0 N–H and O–H groups in total. The van der Waals surface area contributed by atoms with Gasteiger partial charge in [0.05, 0.1) is 17.5 Å². The van der Waals surface area contributed by atoms with E-state index in [1.807, 2.05) is 67.7 Å². The highest BCUT2D eigenvalue weighted by Gasteiger charge is 2.55. The first-order valence-electron chi connectivity index (χ1n) is 16.9. The molecule has 3 aromatic rings. The van der Waals surface area contributed by atoms with Gasteiger partial charge in [0.15, 0.2) is 5.79 Å². The summed E-state index contributed by atoms with van der Waals surface area (Å²) in [7, 11) is 0. The zero-order chi connectivity index (χ0) is 35.7. The van der Waals surface area contributed by atoms with Crippen LogP contribution in [0, 0.1) is 11.7 Å². The predicted molar refractivity (Wildman–Crippen MR) is 184 cm³/mol. The van der Waals surface area contributed by atoms with Gasteiger partial charge >= 0.3 is 12.2 Å². The van der Waals surface area contributed by atoms with E-state index in [0.29, 0.717) is 56.2 Å². The van der Waals surface area contributed by atoms with Gasteiger partial charge in [-0.3, -0.25) is 0 Å². The maximum Gasteiger partial charge on any atom is 0.410 e. The fraction of sp³-hybridized carbons (Fsp3) is 0.611. The van der Waals surface area contributed by atoms with Crippen LogP contribution < -0.4 is 0 Å². The number of fused-ring (bicyclic) bond motifs is 2. The van der Waals surface area contributed by atoms with Crippen LogP contribution in [0.4, 0.5) is 14.0 Å². The summed E-state index contributed by atoms with van der Waals surface area (Å²) in [5.74, 6) is -1.20. The number of amides is 2. The molecule has 0 spiro atoms. The Bertz CT molecular complexity index is 1620. The molecule has 0 bridgehead atoms. The molecule has 0 radical (unpaired) electrons. The maximum absolute atomic E-state index is 13.7. The van der Waals surface area contributed by atoms with Gasteiger partial charge in [0.1, 0.15) is 40.3 Å². The van der Waals surface area contributed by atoms with Crippen molar-refractivity contribution in [1.29, 1.82) is 0 Å². The van der Waals surface area contributed by atoms with E-state index in [1.165, 1.54) is 18.5 Å². The van der Waals surface area contributed by atoms with E-state index in [1.54, 1.807) is 21.9 Å². The SMILES string of the molecule is CC(C)(C)OC(=O)N(CCCN(C[C@H]1C[C@@H](n2ccc3c(Cl)ncnc32)[C@@H]2OC(C)(C)O[C@H]12)C(=O)OC(C)(C)C)CCc1ccc(F)cc1. The number of halogens is 2. The molecule has 3 heterocycles. The number of carbonyl (C=O) groups excluding carboxylic acids is 2. The van der Waals surface area contributed by atoms with Gasteiger partial charge in [-0.05, 0) is 98.4 Å². The van der Waals surface area contributed by atoms with Crippen molar-refractivity contribution >= 4 is 34.8 Å². The van der Waals surface area contributed by atoms with Gasteiger partial charge < -0.3 is 33.3 Å². The molecule has 2 aromatic heterocycles. The monoisotopic (exact) mass is 701 g/mol. The van der Waals surface area contributed by atoms with Gasteiger partial charge in [-0.2, -0.15) is 0 Å². The molecule has 13 heteroatoms. The van der Waals surface area contributed by atoms with Gasteiger partial charge in [-0.1, -0.05) is 23.7 Å². The zero-order valence-electron chi connectivity index (χ0n) is 29.7. The topological polar surface area (TPSA) is 108 Å². The van der Waals surface area contributed by atoms with Crippen molar-refractivity contribution in [3.05, 3.63) is 59.4 Å². The van der Waals surface area contributed by atoms with Crippen molar-refractivity contribution in [2.45, 2.75) is 110 Å². The van der Waals surface area contributed by atoms with E-state index in [-0.39, 0.29) is 30.0 Å². The van der Waals surface area contributed by atoms with Crippen LogP contribution in [-0.4, -0.2) is 91.9 Å². The average Bonchev–Trinajstić information content (AvgIpc) is 3.64. The third-order valence-electron chi connectivity index (χ3n) is 8.57. The number of ether oxygens (including phenoxy) is 4. The lowest BCUT2D eigenvalue weighted by atomic mass is 10.0. The molecule has 1 saturated carbocycles. The van der Waals surface area contributed by atoms with Crippen LogP contribution in [0.5, 0.6) is 0 Å². The first-order chi connectivity index (χ1) is 22.9. The maximum atomic E-state index is 13.7. The Morgan fingerprint density at radius 1 is 0.939 bits per heavy atom. The van der Waals surface area contributed by atoms with Crippen molar-refractivity contribution < 1.29 is 32.9 Å². The van der Waals surface area contributed by atoms with Crippen LogP contribution in [0.15, 0.2) is 42.9 Å². The molecular weight excluding hydrogens is 653 g/mol. The third-order valence-corrected chi connectivity index (χ3v) is 8.87. The van der Waals surface area contributed by atoms with E-state index in [9.17, 15) is 14.0 Å². The summed E-state index contributed by atoms with van der Waals surface area (Å²) >= 11 is 6.37. The number of rotatable bonds is 10. The Morgan fingerprint density at radius 3 is 2.20 bits per heavy atom. The Labute approximate surface area is 293 Å². The lowest BCUT2D eigenvalue weighted by Gasteiger charge is -2.32. The van der Waals surface area contributed by atoms with Crippen LogP contribution in [-0.2, 0) is 25.4 Å². The van der Waals surface area contributed by atoms with Crippen molar-refractivity contribution in [3.8, 4) is 0 Å². The molecular formula is C36H49ClFN5O6. The molecule has 2 amide bonds. The molecule has 5 rings (SSSR count). The minimum absolute atomic E-state index is 0.0838. The van der Waals surface area contributed by atoms with Gasteiger partial charge in [-0.25, -0.2) is 23.9 Å². The molecule has 1 aliphatic carbocycles. The highest BCUT2D eigenvalue weighted by Crippen LogP contribution is 2.48. The zero-order valence-corrected chi connectivity index (χ0v) is 30.5. The van der Waals surface area contributed by atoms with Crippen LogP contribution in [0.25, 0.3) is 11.0 Å². The summed E-state index contributed by atoms with van der Waals surface area (Å²) in [4.78, 5) is 38.9. The highest BCUT2D eigenvalue weighted by atomic mass is 35.5. The molecule has 49 heavy (non-hydrogen) atoms. The number of carbonyl (C=O) groups is 2. The van der Waals surface area contributed by atoms with Gasteiger partial charge in [0, 0.05) is 38.3 Å². The van der Waals surface area contributed by atoms with Gasteiger partial charge in [0.2, 0.25) is 0 Å². The molecule has 4 atom stereocenters. The molecule has 268 valence electrons. The first kappa shape index (κ1) is 36.8. The largest absolute Gasteiger partial charge is 0.444 e. The minimum Gasteiger partial charge on any atom is -0.444 e. The fourth-order valence-corrected chi connectivity index (χ4v) is 6.76. The normalized spacial score (nSPS) is 21.8. The highest BCUT2D eigenvalue weighted by molar-refractivity contribution is 6.33. The summed E-state index contributed by atoms with van der Waals surface area (Å²) in [5, 5.41) is 1.14. The molecule has 11 nitrogen and oxygen atoms in total. The fourth-order valence-electron chi connectivity index (χ4n) is 6.57. The Kier molecular flexibility index (Phi) is 10.8. The predicted octanol–water partition coefficient (Wildman–Crippen LogP) is 7.41. The Hall–Kier alpha value is -3.48. The Morgan fingerprint density at radius 2 is 1.55 bits per heavy atom. The summed E-state index contributed by atoms with van der Waals surface area (Å²) < 4.78 is 40.0. The van der Waals surface area contributed by atoms with Crippen LogP contribution >= 0.6 is 11.6 Å². The quantitative estimate of drug-likeness (QED) is 0.201. The lowest BCUT2D eigenvalue weighted by Crippen LogP contribution is -2.44. The summed E-state index contributed by atoms with van der Waals surface area (Å²) in [6, 6.07) is 8.03. The molecule has 2 fully saturated rings. The number of nitrogens with zero attached hydrogens (tertiary/aromatic N) is 5. The van der Waals surface area contributed by atoms with Crippen molar-refractivity contribution in [2.24, 2.45) is 5.92 Å². The number of benzene rings is 1. The van der Waals surface area contributed by atoms with E-state index >= 15 is 0 Å². The molecule has 2 aliphatic rings. The smallest absolute Gasteiger partial charge is 0.410 e. The van der Waals surface area contributed by atoms with E-state index in [4.69, 9.17) is 30.5 Å². The van der Waals surface area contributed by atoms with Gasteiger partial charge in [-0.15, -0.1) is 0 Å². The standard InChI is InChI=1S/C36H49ClFN5O6/c1-34(2,3)48-32(44)41(18-14-23-10-12-25(38)13-11-23)16-9-17-42(33(45)49-35(4,5)6)21-24-20-27(29-28(24)46-36(7,8)47-29)43-19-15-26-30(37)39-22-40-31(26)43/h10-13,15,19,22,24,27-29H,9,14,16-18,20-21H2,1-8H3/t24-,27-,28-,29+/m1/s1. The molecule has 0 unspecified atom stereocenters. The Balaban J connectivity index is 1.33. The first-order valence-corrected chi connectivity index (χ1v) is 17.3. The second-order valence-corrected chi connectivity index (χ2v) is 15.7. The summed E-state index contributed by atoms with van der Waals surface area (Å²) in [6.45, 7) is 16.2. The van der Waals surface area contributed by atoms with Gasteiger partial charge in [0.25, 0.3) is 0 Å². The molecule has 1 aromatic carbocycles. The van der Waals surface area contributed by atoms with E-state index in [0.717, 1.165) is 10.9 Å². The number of hydrogen-bond acceptors (Lipinski definition) is 8. The van der Waals surface area contributed by atoms with Crippen LogP contribution in [0.1, 0.15) is 79.8 Å². The van der Waals surface area contributed by atoms with Crippen LogP contribution in [0.3, 0.4) is 0 Å². The summed E-state index contributed by atoms with van der Waals surface area (Å²) in [6.07, 6.45) is 3.63. The second-order valence-electron chi connectivity index (χ2n) is 15.4. The number of hydrogen-bond donors (Lipinski definition) is 0. The van der Waals surface area contributed by atoms with E-state index < -0.39 is 29.2 Å².